The van der Waals surface area contributed by atoms with E-state index < -0.39 is 17.7 Å². The van der Waals surface area contributed by atoms with Crippen molar-refractivity contribution in [1.29, 1.82) is 0 Å². The van der Waals surface area contributed by atoms with Crippen molar-refractivity contribution >= 4 is 18.1 Å². The molecule has 1 N–H and O–H groups in total. The highest BCUT2D eigenvalue weighted by molar-refractivity contribution is 5.95. The Labute approximate surface area is 166 Å². The Hall–Kier alpha value is -4.00. The number of hydrogen-bond acceptors (Lipinski definition) is 5. The lowest BCUT2D eigenvalue weighted by atomic mass is 10.2. The van der Waals surface area contributed by atoms with Crippen LogP contribution in [0.15, 0.2) is 77.9 Å². The largest absolute Gasteiger partial charge is 0.497 e. The summed E-state index contributed by atoms with van der Waals surface area (Å²) in [6.45, 7) is 0. The third-order valence-corrected chi connectivity index (χ3v) is 3.90. The molecule has 0 aliphatic rings. The number of rotatable bonds is 6. The molecule has 3 aromatic rings. The summed E-state index contributed by atoms with van der Waals surface area (Å²) in [6, 6.07) is 18.3. The van der Waals surface area contributed by atoms with E-state index >= 15 is 0 Å². The molecule has 0 fully saturated rings. The molecule has 6 nitrogen and oxygen atoms in total. The monoisotopic (exact) mass is 392 g/mol. The first-order valence-electron chi connectivity index (χ1n) is 8.60. The number of nitrogens with zero attached hydrogens (tertiary/aromatic N) is 1. The van der Waals surface area contributed by atoms with E-state index in [-0.39, 0.29) is 0 Å². The van der Waals surface area contributed by atoms with Gasteiger partial charge in [-0.25, -0.2) is 14.6 Å². The summed E-state index contributed by atoms with van der Waals surface area (Å²) in [4.78, 5) is 24.0. The van der Waals surface area contributed by atoms with Crippen LogP contribution in [0.3, 0.4) is 0 Å². The van der Waals surface area contributed by atoms with E-state index in [0.29, 0.717) is 28.2 Å². The van der Waals surface area contributed by atoms with Gasteiger partial charge in [0.1, 0.15) is 17.3 Å². The highest BCUT2D eigenvalue weighted by atomic mass is 19.1. The Bertz CT molecular complexity index is 1010. The predicted molar refractivity (Wildman–Crippen MR) is 106 cm³/mol. The number of ether oxygens (including phenoxy) is 2. The van der Waals surface area contributed by atoms with Crippen LogP contribution < -0.4 is 14.9 Å². The fourth-order valence-corrected chi connectivity index (χ4v) is 2.35. The molecule has 0 bridgehead atoms. The number of carbonyl (C=O) groups excluding carboxylic acids is 2. The van der Waals surface area contributed by atoms with Crippen molar-refractivity contribution in [3.8, 4) is 11.5 Å². The van der Waals surface area contributed by atoms with Crippen LogP contribution in [-0.2, 0) is 0 Å². The second-order valence-electron chi connectivity index (χ2n) is 5.89. The molecule has 146 valence electrons. The number of nitrogens with one attached hydrogen (secondary N) is 1. The van der Waals surface area contributed by atoms with Crippen LogP contribution >= 0.6 is 0 Å². The first kappa shape index (κ1) is 19.8. The van der Waals surface area contributed by atoms with Crippen molar-refractivity contribution in [2.75, 3.05) is 7.11 Å². The number of halogens is 1. The average Bonchev–Trinajstić information content (AvgIpc) is 2.75. The normalized spacial score (nSPS) is 10.6. The van der Waals surface area contributed by atoms with E-state index in [1.165, 1.54) is 30.5 Å². The van der Waals surface area contributed by atoms with Gasteiger partial charge in [0.15, 0.2) is 0 Å². The quantitative estimate of drug-likeness (QED) is 0.299. The SMILES string of the molecule is COc1ccc(C(=O)Oc2ccc(C=NNC(=O)c3ccc(F)cc3)cc2)cc1. The number of carbonyl (C=O) groups is 2. The highest BCUT2D eigenvalue weighted by Gasteiger charge is 2.08. The molecule has 3 rings (SSSR count). The van der Waals surface area contributed by atoms with E-state index in [4.69, 9.17) is 9.47 Å². The molecular weight excluding hydrogens is 375 g/mol. The van der Waals surface area contributed by atoms with Crippen LogP contribution in [0, 0.1) is 5.82 Å². The zero-order chi connectivity index (χ0) is 20.6. The minimum atomic E-state index is -0.486. The number of methoxy groups -OCH3 is 1. The maximum Gasteiger partial charge on any atom is 0.343 e. The maximum absolute atomic E-state index is 12.9. The molecule has 0 spiro atoms. The van der Waals surface area contributed by atoms with Crippen molar-refractivity contribution < 1.29 is 23.5 Å². The van der Waals surface area contributed by atoms with Crippen molar-refractivity contribution in [3.05, 3.63) is 95.3 Å². The lowest BCUT2D eigenvalue weighted by Gasteiger charge is -2.05. The molecule has 0 radical (unpaired) electrons. The summed E-state index contributed by atoms with van der Waals surface area (Å²) in [5.41, 5.74) is 3.74. The smallest absolute Gasteiger partial charge is 0.343 e. The molecule has 0 atom stereocenters. The van der Waals surface area contributed by atoms with Crippen molar-refractivity contribution in [2.45, 2.75) is 0 Å². The van der Waals surface area contributed by atoms with Gasteiger partial charge in [-0.15, -0.1) is 0 Å². The highest BCUT2D eigenvalue weighted by Crippen LogP contribution is 2.16. The fourth-order valence-electron chi connectivity index (χ4n) is 2.35. The second kappa shape index (κ2) is 9.27. The van der Waals surface area contributed by atoms with Crippen LogP contribution in [-0.4, -0.2) is 25.2 Å². The van der Waals surface area contributed by atoms with E-state index in [1.54, 1.807) is 55.6 Å². The van der Waals surface area contributed by atoms with Gasteiger partial charge >= 0.3 is 5.97 Å². The molecule has 0 saturated carbocycles. The Morgan fingerprint density at radius 3 is 2.07 bits per heavy atom. The molecule has 0 aliphatic carbocycles. The molecule has 0 aromatic heterocycles. The average molecular weight is 392 g/mol. The Balaban J connectivity index is 1.55. The summed E-state index contributed by atoms with van der Waals surface area (Å²) < 4.78 is 23.2. The fraction of sp³-hybridized carbons (Fsp3) is 0.0455. The molecule has 29 heavy (non-hydrogen) atoms. The molecule has 1 amide bonds. The number of hydrogen-bond donors (Lipinski definition) is 1. The second-order valence-corrected chi connectivity index (χ2v) is 5.89. The van der Waals surface area contributed by atoms with E-state index in [9.17, 15) is 14.0 Å². The van der Waals surface area contributed by atoms with Gasteiger partial charge in [0, 0.05) is 5.56 Å². The van der Waals surface area contributed by atoms with Crippen LogP contribution in [0.5, 0.6) is 11.5 Å². The third kappa shape index (κ3) is 5.49. The molecular formula is C22H17FN2O4. The van der Waals surface area contributed by atoms with Gasteiger partial charge in [0.25, 0.3) is 5.91 Å². The number of esters is 1. The van der Waals surface area contributed by atoms with Gasteiger partial charge < -0.3 is 9.47 Å². The lowest BCUT2D eigenvalue weighted by molar-refractivity contribution is 0.0734. The summed E-state index contributed by atoms with van der Waals surface area (Å²) >= 11 is 0. The Kier molecular flexibility index (Phi) is 6.32. The van der Waals surface area contributed by atoms with Gasteiger partial charge in [0.2, 0.25) is 0 Å². The van der Waals surface area contributed by atoms with Crippen molar-refractivity contribution in [1.82, 2.24) is 5.43 Å². The predicted octanol–water partition coefficient (Wildman–Crippen LogP) is 3.82. The lowest BCUT2D eigenvalue weighted by Crippen LogP contribution is -2.17. The topological polar surface area (TPSA) is 77.0 Å². The summed E-state index contributed by atoms with van der Waals surface area (Å²) in [5, 5.41) is 3.86. The van der Waals surface area contributed by atoms with Crippen LogP contribution in [0.2, 0.25) is 0 Å². The number of benzene rings is 3. The third-order valence-electron chi connectivity index (χ3n) is 3.90. The van der Waals surface area contributed by atoms with Crippen LogP contribution in [0.4, 0.5) is 4.39 Å². The van der Waals surface area contributed by atoms with Crippen molar-refractivity contribution in [2.24, 2.45) is 5.10 Å². The van der Waals surface area contributed by atoms with Crippen LogP contribution in [0.1, 0.15) is 26.3 Å². The van der Waals surface area contributed by atoms with Gasteiger partial charge in [-0.2, -0.15) is 5.10 Å². The molecule has 7 heteroatoms. The maximum atomic E-state index is 12.9. The summed E-state index contributed by atoms with van der Waals surface area (Å²) in [7, 11) is 1.55. The summed E-state index contributed by atoms with van der Waals surface area (Å²) in [6.07, 6.45) is 1.44. The molecule has 0 saturated heterocycles. The minimum absolute atomic E-state index is 0.296. The molecule has 0 aliphatic heterocycles. The molecule has 3 aromatic carbocycles. The van der Waals surface area contributed by atoms with Crippen LogP contribution in [0.25, 0.3) is 0 Å². The first-order valence-corrected chi connectivity index (χ1v) is 8.60. The molecule has 0 unspecified atom stereocenters. The van der Waals surface area contributed by atoms with E-state index in [1.807, 2.05) is 0 Å². The summed E-state index contributed by atoms with van der Waals surface area (Å²) in [5.74, 6) is -0.334. The Morgan fingerprint density at radius 2 is 1.45 bits per heavy atom. The minimum Gasteiger partial charge on any atom is -0.497 e. The van der Waals surface area contributed by atoms with Gasteiger partial charge in [0.05, 0.1) is 18.9 Å². The zero-order valence-corrected chi connectivity index (χ0v) is 15.5. The van der Waals surface area contributed by atoms with Gasteiger partial charge in [-0.3, -0.25) is 4.79 Å². The van der Waals surface area contributed by atoms with Crippen molar-refractivity contribution in [3.63, 3.8) is 0 Å². The Morgan fingerprint density at radius 1 is 0.862 bits per heavy atom. The molecule has 0 heterocycles. The van der Waals surface area contributed by atoms with E-state index in [0.717, 1.165) is 0 Å². The number of amides is 1. The zero-order valence-electron chi connectivity index (χ0n) is 15.5. The standard InChI is InChI=1S/C22H17FN2O4/c1-28-19-12-6-17(7-13-19)22(27)29-20-10-2-15(3-11-20)14-24-25-21(26)16-4-8-18(23)9-5-16/h2-14H,1H3,(H,25,26). The van der Waals surface area contributed by atoms with E-state index in [2.05, 4.69) is 10.5 Å². The number of hydrazone groups is 1. The van der Waals surface area contributed by atoms with Gasteiger partial charge in [-0.05, 0) is 78.4 Å². The van der Waals surface area contributed by atoms with Gasteiger partial charge in [-0.1, -0.05) is 0 Å². The first-order chi connectivity index (χ1) is 14.0.